The maximum absolute atomic E-state index is 10.5. The van der Waals surface area contributed by atoms with Crippen LogP contribution in [0.15, 0.2) is 89.8 Å². The molecule has 0 saturated carbocycles. The Morgan fingerprint density at radius 2 is 1.47 bits per heavy atom. The maximum Gasteiger partial charge on any atom is 0.294 e. The Balaban J connectivity index is 0.000000346. The summed E-state index contributed by atoms with van der Waals surface area (Å²) in [7, 11) is -1.84. The highest BCUT2D eigenvalue weighted by Crippen LogP contribution is 2.36. The van der Waals surface area contributed by atoms with E-state index in [-0.39, 0.29) is 10.3 Å². The van der Waals surface area contributed by atoms with Gasteiger partial charge in [-0.2, -0.15) is 13.7 Å². The molecule has 0 aliphatic heterocycles. The lowest BCUT2D eigenvalue weighted by atomic mass is 9.70. The van der Waals surface area contributed by atoms with Crippen LogP contribution in [0.3, 0.4) is 0 Å². The van der Waals surface area contributed by atoms with Crippen LogP contribution in [-0.2, 0) is 22.0 Å². The highest BCUT2D eigenvalue weighted by Gasteiger charge is 2.35. The van der Waals surface area contributed by atoms with Gasteiger partial charge < -0.3 is 4.90 Å². The zero-order valence-corrected chi connectivity index (χ0v) is 22.6. The summed E-state index contributed by atoms with van der Waals surface area (Å²) in [5.74, 6) is 0.300. The Hall–Kier alpha value is -2.98. The number of benzene rings is 3. The molecule has 3 aromatic rings. The van der Waals surface area contributed by atoms with Crippen molar-refractivity contribution < 1.29 is 13.0 Å². The quantitative estimate of drug-likeness (QED) is 0.326. The van der Waals surface area contributed by atoms with E-state index in [9.17, 15) is 13.7 Å². The summed E-state index contributed by atoms with van der Waals surface area (Å²) in [5.41, 5.74) is 3.10. The SMILES string of the molecule is CC(C)C(C#N)(CCCN(C)CCc1ccccc1)c1ccccc1.Cc1ccc(S(=O)(=O)O)cc1. The second kappa shape index (κ2) is 13.9. The van der Waals surface area contributed by atoms with Gasteiger partial charge in [-0.25, -0.2) is 0 Å². The third-order valence-electron chi connectivity index (χ3n) is 6.53. The summed E-state index contributed by atoms with van der Waals surface area (Å²) in [6, 6.07) is 29.5. The summed E-state index contributed by atoms with van der Waals surface area (Å²) in [5, 5.41) is 9.95. The van der Waals surface area contributed by atoms with E-state index in [1.54, 1.807) is 12.1 Å². The van der Waals surface area contributed by atoms with Crippen molar-refractivity contribution in [2.75, 3.05) is 20.1 Å². The highest BCUT2D eigenvalue weighted by atomic mass is 32.2. The number of aryl methyl sites for hydroxylation is 1. The molecule has 0 saturated heterocycles. The number of rotatable bonds is 10. The molecule has 1 unspecified atom stereocenters. The molecule has 0 aliphatic carbocycles. The highest BCUT2D eigenvalue weighted by molar-refractivity contribution is 7.85. The third kappa shape index (κ3) is 8.91. The molecule has 0 heterocycles. The number of hydrogen-bond acceptors (Lipinski definition) is 4. The molecule has 0 spiro atoms. The molecule has 5 nitrogen and oxygen atoms in total. The van der Waals surface area contributed by atoms with Crippen LogP contribution in [0.5, 0.6) is 0 Å². The van der Waals surface area contributed by atoms with Gasteiger partial charge in [0.2, 0.25) is 0 Å². The van der Waals surface area contributed by atoms with Crippen LogP contribution in [0.2, 0.25) is 0 Å². The van der Waals surface area contributed by atoms with Crippen molar-refractivity contribution in [3.8, 4) is 6.07 Å². The fraction of sp³-hybridized carbons (Fsp3) is 0.367. The van der Waals surface area contributed by atoms with Crippen LogP contribution < -0.4 is 0 Å². The second-order valence-corrected chi connectivity index (χ2v) is 11.0. The van der Waals surface area contributed by atoms with Gasteiger partial charge in [0.1, 0.15) is 0 Å². The largest absolute Gasteiger partial charge is 0.306 e. The number of nitrogens with zero attached hydrogens (tertiary/aromatic N) is 2. The monoisotopic (exact) mass is 506 g/mol. The standard InChI is InChI=1S/C23H30N2.C7H8O3S/c1-20(2)23(19-24,22-13-8-5-9-14-22)16-10-17-25(3)18-15-21-11-6-4-7-12-21;1-6-2-4-7(5-3-6)11(8,9)10/h4-9,11-14,20H,10,15-18H2,1-3H3;2-5H,1H3,(H,8,9,10). The fourth-order valence-corrected chi connectivity index (χ4v) is 4.65. The minimum Gasteiger partial charge on any atom is -0.306 e. The topological polar surface area (TPSA) is 81.4 Å². The lowest BCUT2D eigenvalue weighted by Crippen LogP contribution is -2.32. The van der Waals surface area contributed by atoms with Crippen molar-refractivity contribution in [2.24, 2.45) is 5.92 Å². The second-order valence-electron chi connectivity index (χ2n) is 9.53. The molecule has 0 radical (unpaired) electrons. The molecule has 1 N–H and O–H groups in total. The smallest absolute Gasteiger partial charge is 0.294 e. The zero-order chi connectivity index (χ0) is 26.6. The van der Waals surface area contributed by atoms with E-state index < -0.39 is 10.1 Å². The van der Waals surface area contributed by atoms with E-state index in [2.05, 4.69) is 74.3 Å². The predicted octanol–water partition coefficient (Wildman–Crippen LogP) is 6.30. The van der Waals surface area contributed by atoms with E-state index in [4.69, 9.17) is 4.55 Å². The van der Waals surface area contributed by atoms with Crippen molar-refractivity contribution in [3.63, 3.8) is 0 Å². The van der Waals surface area contributed by atoms with E-state index in [0.717, 1.165) is 43.5 Å². The first-order valence-corrected chi connectivity index (χ1v) is 13.8. The van der Waals surface area contributed by atoms with Crippen LogP contribution in [0, 0.1) is 24.2 Å². The van der Waals surface area contributed by atoms with E-state index in [1.807, 2.05) is 25.1 Å². The minimum absolute atomic E-state index is 0.0666. The number of hydrogen-bond donors (Lipinski definition) is 1. The molecule has 192 valence electrons. The Morgan fingerprint density at radius 1 is 0.917 bits per heavy atom. The van der Waals surface area contributed by atoms with Gasteiger partial charge in [0, 0.05) is 6.54 Å². The minimum atomic E-state index is -4.02. The lowest BCUT2D eigenvalue weighted by molar-refractivity contribution is 0.294. The van der Waals surface area contributed by atoms with Gasteiger partial charge in [0.15, 0.2) is 0 Å². The third-order valence-corrected chi connectivity index (χ3v) is 7.40. The molecule has 0 fully saturated rings. The van der Waals surface area contributed by atoms with Gasteiger partial charge in [-0.3, -0.25) is 4.55 Å². The van der Waals surface area contributed by atoms with E-state index >= 15 is 0 Å². The molecule has 6 heteroatoms. The van der Waals surface area contributed by atoms with Gasteiger partial charge >= 0.3 is 0 Å². The Bertz CT molecular complexity index is 1190. The number of nitriles is 1. The molecule has 0 bridgehead atoms. The van der Waals surface area contributed by atoms with Crippen LogP contribution in [-0.4, -0.2) is 38.0 Å². The van der Waals surface area contributed by atoms with Crippen molar-refractivity contribution in [1.82, 2.24) is 4.90 Å². The molecule has 36 heavy (non-hydrogen) atoms. The molecule has 3 rings (SSSR count). The molecule has 0 aliphatic rings. The van der Waals surface area contributed by atoms with Crippen LogP contribution in [0.1, 0.15) is 43.4 Å². The van der Waals surface area contributed by atoms with Gasteiger partial charge in [0.05, 0.1) is 16.4 Å². The van der Waals surface area contributed by atoms with E-state index in [1.165, 1.54) is 17.7 Å². The normalized spacial score (nSPS) is 12.9. The van der Waals surface area contributed by atoms with Crippen LogP contribution in [0.25, 0.3) is 0 Å². The van der Waals surface area contributed by atoms with Gasteiger partial charge in [-0.15, -0.1) is 0 Å². The summed E-state index contributed by atoms with van der Waals surface area (Å²) in [6.45, 7) is 8.24. The summed E-state index contributed by atoms with van der Waals surface area (Å²) in [6.07, 6.45) is 3.01. The fourth-order valence-electron chi connectivity index (χ4n) is 4.17. The zero-order valence-electron chi connectivity index (χ0n) is 21.8. The predicted molar refractivity (Wildman–Crippen MR) is 146 cm³/mol. The Kier molecular flexibility index (Phi) is 11.3. The van der Waals surface area contributed by atoms with Crippen molar-refractivity contribution in [3.05, 3.63) is 102 Å². The first kappa shape index (κ1) is 29.3. The average molecular weight is 507 g/mol. The van der Waals surface area contributed by atoms with Crippen LogP contribution >= 0.6 is 0 Å². The number of likely N-dealkylation sites (N-methyl/N-ethyl adjacent to an activating group) is 1. The first-order valence-electron chi connectivity index (χ1n) is 12.3. The Morgan fingerprint density at radius 3 is 1.97 bits per heavy atom. The van der Waals surface area contributed by atoms with Crippen molar-refractivity contribution in [1.29, 1.82) is 5.26 Å². The van der Waals surface area contributed by atoms with Crippen molar-refractivity contribution in [2.45, 2.75) is 50.3 Å². The van der Waals surface area contributed by atoms with Crippen LogP contribution in [0.4, 0.5) is 0 Å². The summed E-state index contributed by atoms with van der Waals surface area (Å²) < 4.78 is 29.6. The van der Waals surface area contributed by atoms with Gasteiger partial charge in [-0.1, -0.05) is 92.2 Å². The summed E-state index contributed by atoms with van der Waals surface area (Å²) in [4.78, 5) is 2.31. The van der Waals surface area contributed by atoms with E-state index in [0.29, 0.717) is 5.92 Å². The first-order chi connectivity index (χ1) is 17.1. The van der Waals surface area contributed by atoms with Gasteiger partial charge in [-0.05, 0) is 69.0 Å². The lowest BCUT2D eigenvalue weighted by Gasteiger charge is -2.32. The molecule has 1 atom stereocenters. The Labute approximate surface area is 217 Å². The molecule has 0 aromatic heterocycles. The maximum atomic E-state index is 10.5. The van der Waals surface area contributed by atoms with Crippen molar-refractivity contribution >= 4 is 10.1 Å². The molecular formula is C30H38N2O3S. The van der Waals surface area contributed by atoms with Gasteiger partial charge in [0.25, 0.3) is 10.1 Å². The molecule has 0 amide bonds. The molecular weight excluding hydrogens is 468 g/mol. The summed E-state index contributed by atoms with van der Waals surface area (Å²) >= 11 is 0. The average Bonchev–Trinajstić information content (AvgIpc) is 2.86. The molecule has 3 aromatic carbocycles.